The Morgan fingerprint density at radius 1 is 1.15 bits per heavy atom. The maximum Gasteiger partial charge on any atom is 0.148 e. The molecule has 2 aromatic heterocycles. The van der Waals surface area contributed by atoms with E-state index >= 15 is 0 Å². The summed E-state index contributed by atoms with van der Waals surface area (Å²) in [5.74, 6) is 0.543. The van der Waals surface area contributed by atoms with E-state index in [0.29, 0.717) is 17.9 Å². The molecule has 140 valence electrons. The first kappa shape index (κ1) is 17.7. The van der Waals surface area contributed by atoms with Gasteiger partial charge in [0.05, 0.1) is 5.69 Å². The molecule has 1 aromatic carbocycles. The maximum atomic E-state index is 14.4. The van der Waals surface area contributed by atoms with Crippen LogP contribution in [0.15, 0.2) is 42.0 Å². The van der Waals surface area contributed by atoms with E-state index in [-0.39, 0.29) is 5.82 Å². The lowest BCUT2D eigenvalue weighted by Crippen LogP contribution is -2.30. The second-order valence-corrected chi connectivity index (χ2v) is 7.54. The van der Waals surface area contributed by atoms with Crippen LogP contribution in [0.5, 0.6) is 0 Å². The molecule has 0 amide bonds. The predicted molar refractivity (Wildman–Crippen MR) is 110 cm³/mol. The number of rotatable bonds is 5. The average molecular weight is 383 g/mol. The van der Waals surface area contributed by atoms with Crippen LogP contribution < -0.4 is 16.0 Å². The molecule has 4 rings (SSSR count). The summed E-state index contributed by atoms with van der Waals surface area (Å²) in [5.41, 5.74) is 9.09. The lowest BCUT2D eigenvalue weighted by molar-refractivity contribution is 0.557. The maximum absolute atomic E-state index is 14.4. The number of hydrogen-bond donors (Lipinski definition) is 2. The minimum atomic E-state index is -0.244. The smallest absolute Gasteiger partial charge is 0.148 e. The fourth-order valence-corrected chi connectivity index (χ4v) is 4.10. The number of thiazole rings is 1. The Hall–Kier alpha value is -2.67. The van der Waals surface area contributed by atoms with Crippen LogP contribution >= 0.6 is 11.3 Å². The van der Waals surface area contributed by atoms with Crippen LogP contribution in [-0.4, -0.2) is 23.1 Å². The SMILES string of the molecule is Nc1cc(F)c(N2CCCCC2)cc1CNc1csc(-c2ccncc2)n1. The molecule has 27 heavy (non-hydrogen) atoms. The Morgan fingerprint density at radius 3 is 2.70 bits per heavy atom. The zero-order valence-corrected chi connectivity index (χ0v) is 15.8. The summed E-state index contributed by atoms with van der Waals surface area (Å²) in [7, 11) is 0. The van der Waals surface area contributed by atoms with Gasteiger partial charge in [-0.05, 0) is 49.1 Å². The molecule has 1 aliphatic rings. The summed E-state index contributed by atoms with van der Waals surface area (Å²) < 4.78 is 14.4. The summed E-state index contributed by atoms with van der Waals surface area (Å²) in [6.45, 7) is 2.30. The van der Waals surface area contributed by atoms with Crippen LogP contribution in [0.25, 0.3) is 10.6 Å². The van der Waals surface area contributed by atoms with Crippen LogP contribution in [-0.2, 0) is 6.54 Å². The third kappa shape index (κ3) is 4.03. The molecule has 7 heteroatoms. The molecular formula is C20H22FN5S. The quantitative estimate of drug-likeness (QED) is 0.634. The highest BCUT2D eigenvalue weighted by Gasteiger charge is 2.17. The van der Waals surface area contributed by atoms with Crippen LogP contribution in [0.4, 0.5) is 21.6 Å². The standard InChI is InChI=1S/C20H22FN5S/c21-16-11-17(22)15(10-18(16)26-8-2-1-3-9-26)12-24-19-13-27-20(25-19)14-4-6-23-7-5-14/h4-7,10-11,13,24H,1-3,8-9,12,22H2. The van der Waals surface area contributed by atoms with Gasteiger partial charge in [-0.3, -0.25) is 4.98 Å². The van der Waals surface area contributed by atoms with Gasteiger partial charge >= 0.3 is 0 Å². The number of halogens is 1. The van der Waals surface area contributed by atoms with Gasteiger partial charge in [0.15, 0.2) is 0 Å². The molecule has 0 aliphatic carbocycles. The Labute approximate surface area is 162 Å². The number of nitrogens with one attached hydrogen (secondary N) is 1. The van der Waals surface area contributed by atoms with Crippen molar-refractivity contribution in [2.75, 3.05) is 29.0 Å². The van der Waals surface area contributed by atoms with Crippen molar-refractivity contribution in [3.8, 4) is 10.6 Å². The summed E-state index contributed by atoms with van der Waals surface area (Å²) >= 11 is 1.57. The van der Waals surface area contributed by atoms with E-state index in [1.807, 2.05) is 23.6 Å². The Morgan fingerprint density at radius 2 is 1.93 bits per heavy atom. The fraction of sp³-hybridized carbons (Fsp3) is 0.300. The van der Waals surface area contributed by atoms with Gasteiger partial charge in [-0.15, -0.1) is 11.3 Å². The van der Waals surface area contributed by atoms with Crippen molar-refractivity contribution in [1.29, 1.82) is 0 Å². The molecule has 0 bridgehead atoms. The summed E-state index contributed by atoms with van der Waals surface area (Å²) in [6.07, 6.45) is 6.93. The summed E-state index contributed by atoms with van der Waals surface area (Å²) in [6, 6.07) is 7.18. The zero-order valence-electron chi connectivity index (χ0n) is 15.0. The monoisotopic (exact) mass is 383 g/mol. The van der Waals surface area contributed by atoms with Crippen LogP contribution in [0.3, 0.4) is 0 Å². The second-order valence-electron chi connectivity index (χ2n) is 6.68. The second kappa shape index (κ2) is 7.92. The summed E-state index contributed by atoms with van der Waals surface area (Å²) in [4.78, 5) is 10.8. The summed E-state index contributed by atoms with van der Waals surface area (Å²) in [5, 5.41) is 6.21. The van der Waals surface area contributed by atoms with Crippen molar-refractivity contribution in [3.63, 3.8) is 0 Å². The number of anilines is 3. The van der Waals surface area contributed by atoms with E-state index < -0.39 is 0 Å². The van der Waals surface area contributed by atoms with Crippen LogP contribution in [0.1, 0.15) is 24.8 Å². The molecule has 3 heterocycles. The van der Waals surface area contributed by atoms with E-state index in [1.165, 1.54) is 12.5 Å². The van der Waals surface area contributed by atoms with E-state index in [1.54, 1.807) is 23.7 Å². The first-order valence-corrected chi connectivity index (χ1v) is 10.0. The average Bonchev–Trinajstić information content (AvgIpc) is 3.18. The normalized spacial score (nSPS) is 14.3. The van der Waals surface area contributed by atoms with Gasteiger partial charge in [0.1, 0.15) is 16.6 Å². The molecule has 0 saturated carbocycles. The van der Waals surface area contributed by atoms with E-state index in [2.05, 4.69) is 20.2 Å². The number of piperidine rings is 1. The highest BCUT2D eigenvalue weighted by Crippen LogP contribution is 2.29. The van der Waals surface area contributed by atoms with Gasteiger partial charge in [-0.2, -0.15) is 0 Å². The van der Waals surface area contributed by atoms with Crippen molar-refractivity contribution in [2.45, 2.75) is 25.8 Å². The van der Waals surface area contributed by atoms with Gasteiger partial charge in [0.25, 0.3) is 0 Å². The van der Waals surface area contributed by atoms with Gasteiger partial charge < -0.3 is 16.0 Å². The topological polar surface area (TPSA) is 67.1 Å². The lowest BCUT2D eigenvalue weighted by Gasteiger charge is -2.29. The zero-order chi connectivity index (χ0) is 18.6. The van der Waals surface area contributed by atoms with Gasteiger partial charge in [-0.25, -0.2) is 9.37 Å². The number of nitrogens with two attached hydrogens (primary N) is 1. The third-order valence-corrected chi connectivity index (χ3v) is 5.69. The molecule has 0 spiro atoms. The molecular weight excluding hydrogens is 361 g/mol. The molecule has 1 fully saturated rings. The Kier molecular flexibility index (Phi) is 5.20. The fourth-order valence-electron chi connectivity index (χ4n) is 3.32. The number of hydrogen-bond acceptors (Lipinski definition) is 6. The van der Waals surface area contributed by atoms with Crippen LogP contribution in [0, 0.1) is 5.82 Å². The molecule has 1 saturated heterocycles. The molecule has 0 atom stereocenters. The first-order chi connectivity index (χ1) is 13.2. The number of nitrogens with zero attached hydrogens (tertiary/aromatic N) is 3. The molecule has 5 nitrogen and oxygen atoms in total. The molecule has 3 aromatic rings. The molecule has 0 unspecified atom stereocenters. The van der Waals surface area contributed by atoms with Crippen molar-refractivity contribution in [2.24, 2.45) is 0 Å². The van der Waals surface area contributed by atoms with Gasteiger partial charge in [0.2, 0.25) is 0 Å². The largest absolute Gasteiger partial charge is 0.398 e. The highest BCUT2D eigenvalue weighted by atomic mass is 32.1. The van der Waals surface area contributed by atoms with E-state index in [0.717, 1.165) is 47.9 Å². The number of nitrogen functional groups attached to an aromatic ring is 1. The lowest BCUT2D eigenvalue weighted by atomic mass is 10.1. The number of aromatic nitrogens is 2. The van der Waals surface area contributed by atoms with Crippen molar-refractivity contribution in [3.05, 3.63) is 53.4 Å². The van der Waals surface area contributed by atoms with Crippen molar-refractivity contribution >= 4 is 28.5 Å². The highest BCUT2D eigenvalue weighted by molar-refractivity contribution is 7.13. The molecule has 3 N–H and O–H groups in total. The predicted octanol–water partition coefficient (Wildman–Crippen LogP) is 4.53. The van der Waals surface area contributed by atoms with Gasteiger partial charge in [-0.1, -0.05) is 0 Å². The van der Waals surface area contributed by atoms with Gasteiger partial charge in [0, 0.05) is 48.7 Å². The minimum absolute atomic E-state index is 0.244. The van der Waals surface area contributed by atoms with Crippen LogP contribution in [0.2, 0.25) is 0 Å². The van der Waals surface area contributed by atoms with Crippen molar-refractivity contribution < 1.29 is 4.39 Å². The Bertz CT molecular complexity index is 906. The third-order valence-electron chi connectivity index (χ3n) is 4.80. The number of benzene rings is 1. The molecule has 0 radical (unpaired) electrons. The first-order valence-electron chi connectivity index (χ1n) is 9.13. The number of pyridine rings is 1. The van der Waals surface area contributed by atoms with E-state index in [4.69, 9.17) is 5.73 Å². The Balaban J connectivity index is 1.49. The van der Waals surface area contributed by atoms with Crippen molar-refractivity contribution in [1.82, 2.24) is 9.97 Å². The molecule has 1 aliphatic heterocycles. The minimum Gasteiger partial charge on any atom is -0.398 e. The van der Waals surface area contributed by atoms with E-state index in [9.17, 15) is 4.39 Å².